The largest absolute Gasteiger partial charge is 0.493 e. The summed E-state index contributed by atoms with van der Waals surface area (Å²) in [5.41, 5.74) is 3.51. The van der Waals surface area contributed by atoms with Gasteiger partial charge in [-0.25, -0.2) is 4.39 Å². The molecule has 0 N–H and O–H groups in total. The van der Waals surface area contributed by atoms with Gasteiger partial charge in [-0.15, -0.1) is 0 Å². The Morgan fingerprint density at radius 2 is 1.86 bits per heavy atom. The van der Waals surface area contributed by atoms with Gasteiger partial charge in [0.2, 0.25) is 0 Å². The van der Waals surface area contributed by atoms with Gasteiger partial charge in [-0.3, -0.25) is 9.80 Å². The van der Waals surface area contributed by atoms with Crippen molar-refractivity contribution in [1.29, 1.82) is 0 Å². The number of rotatable bonds is 4. The van der Waals surface area contributed by atoms with Gasteiger partial charge in [-0.05, 0) is 48.7 Å². The second kappa shape index (κ2) is 8.33. The Morgan fingerprint density at radius 1 is 1.00 bits per heavy atom. The topological polar surface area (TPSA) is 19.0 Å². The summed E-state index contributed by atoms with van der Waals surface area (Å²) < 4.78 is 19.7. The van der Waals surface area contributed by atoms with Gasteiger partial charge in [0.25, 0.3) is 0 Å². The molecule has 2 aromatic rings. The second-order valence-electron chi connectivity index (χ2n) is 8.55. The lowest BCUT2D eigenvalue weighted by Crippen LogP contribution is -2.55. The minimum Gasteiger partial charge on any atom is -0.493 e. The maximum absolute atomic E-state index is 14.1. The number of likely N-dealkylation sites (tertiary alicyclic amines) is 1. The summed E-state index contributed by atoms with van der Waals surface area (Å²) in [5, 5.41) is 0. The zero-order chi connectivity index (χ0) is 19.6. The molecule has 0 amide bonds. The minimum atomic E-state index is -0.107. The highest BCUT2D eigenvalue weighted by Crippen LogP contribution is 2.27. The molecule has 3 aliphatic rings. The molecule has 29 heavy (non-hydrogen) atoms. The van der Waals surface area contributed by atoms with Gasteiger partial charge >= 0.3 is 0 Å². The number of fused-ring (bicyclic) bond motifs is 1. The molecule has 0 bridgehead atoms. The van der Waals surface area contributed by atoms with E-state index in [4.69, 9.17) is 4.74 Å². The molecule has 1 atom stereocenters. The standard InChI is InChI=1S/C24H30FN3O/c25-22-5-1-2-6-23(22)28-13-11-27(12-14-28)21-4-3-10-26(18-21)17-19-7-8-24-20(16-19)9-15-29-24/h1-2,5-8,16,21H,3-4,9-15,17-18H2. The number of benzene rings is 2. The van der Waals surface area contributed by atoms with E-state index in [0.717, 1.165) is 63.7 Å². The molecule has 0 radical (unpaired) electrons. The lowest BCUT2D eigenvalue weighted by atomic mass is 10.0. The normalized spacial score (nSPS) is 23.1. The molecule has 5 rings (SSSR count). The molecule has 0 spiro atoms. The number of ether oxygens (including phenoxy) is 1. The molecule has 154 valence electrons. The summed E-state index contributed by atoms with van der Waals surface area (Å²) >= 11 is 0. The van der Waals surface area contributed by atoms with Crippen LogP contribution >= 0.6 is 0 Å². The van der Waals surface area contributed by atoms with Gasteiger partial charge in [-0.1, -0.05) is 24.3 Å². The van der Waals surface area contributed by atoms with E-state index in [9.17, 15) is 4.39 Å². The van der Waals surface area contributed by atoms with Crippen LogP contribution in [0.4, 0.5) is 10.1 Å². The number of hydrogen-bond acceptors (Lipinski definition) is 4. The first-order valence-electron chi connectivity index (χ1n) is 11.0. The summed E-state index contributed by atoms with van der Waals surface area (Å²) in [6.45, 7) is 8.01. The number of hydrogen-bond donors (Lipinski definition) is 0. The summed E-state index contributed by atoms with van der Waals surface area (Å²) in [5.74, 6) is 0.961. The predicted molar refractivity (Wildman–Crippen MR) is 114 cm³/mol. The number of piperazine rings is 1. The molecule has 0 saturated carbocycles. The third kappa shape index (κ3) is 4.12. The quantitative estimate of drug-likeness (QED) is 0.788. The van der Waals surface area contributed by atoms with Crippen molar-refractivity contribution >= 4 is 5.69 Å². The molecule has 2 aromatic carbocycles. The summed E-state index contributed by atoms with van der Waals surface area (Å²) in [6, 6.07) is 14.5. The Labute approximate surface area is 172 Å². The van der Waals surface area contributed by atoms with Crippen LogP contribution in [0.15, 0.2) is 42.5 Å². The van der Waals surface area contributed by atoms with E-state index in [0.29, 0.717) is 6.04 Å². The molecule has 1 unspecified atom stereocenters. The fourth-order valence-electron chi connectivity index (χ4n) is 5.11. The first kappa shape index (κ1) is 18.9. The number of piperidine rings is 1. The first-order valence-corrected chi connectivity index (χ1v) is 11.0. The minimum absolute atomic E-state index is 0.107. The van der Waals surface area contributed by atoms with Gasteiger partial charge in [0.05, 0.1) is 12.3 Å². The highest BCUT2D eigenvalue weighted by molar-refractivity contribution is 5.48. The Hall–Kier alpha value is -2.11. The Morgan fingerprint density at radius 3 is 2.72 bits per heavy atom. The fraction of sp³-hybridized carbons (Fsp3) is 0.500. The predicted octanol–water partition coefficient (Wildman–Crippen LogP) is 3.55. The van der Waals surface area contributed by atoms with Crippen LogP contribution in [0.1, 0.15) is 24.0 Å². The molecule has 3 aliphatic heterocycles. The van der Waals surface area contributed by atoms with Gasteiger partial charge in [0, 0.05) is 51.7 Å². The lowest BCUT2D eigenvalue weighted by Gasteiger charge is -2.44. The Bertz CT molecular complexity index is 850. The van der Waals surface area contributed by atoms with Crippen LogP contribution in [0.3, 0.4) is 0 Å². The van der Waals surface area contributed by atoms with Crippen molar-refractivity contribution in [3.05, 3.63) is 59.4 Å². The Balaban J connectivity index is 1.17. The zero-order valence-electron chi connectivity index (χ0n) is 17.0. The SMILES string of the molecule is Fc1ccccc1N1CCN(C2CCCN(Cc3ccc4c(c3)CCO4)C2)CC1. The van der Waals surface area contributed by atoms with E-state index in [2.05, 4.69) is 32.9 Å². The van der Waals surface area contributed by atoms with Crippen LogP contribution in [-0.4, -0.2) is 61.7 Å². The summed E-state index contributed by atoms with van der Waals surface area (Å²) in [4.78, 5) is 7.42. The second-order valence-corrected chi connectivity index (χ2v) is 8.55. The van der Waals surface area contributed by atoms with E-state index in [1.54, 1.807) is 12.1 Å². The number of anilines is 1. The van der Waals surface area contributed by atoms with Gasteiger partial charge in [-0.2, -0.15) is 0 Å². The maximum atomic E-state index is 14.1. The van der Waals surface area contributed by atoms with E-state index in [-0.39, 0.29) is 5.82 Å². The van der Waals surface area contributed by atoms with Crippen LogP contribution < -0.4 is 9.64 Å². The van der Waals surface area contributed by atoms with Crippen molar-refractivity contribution in [2.45, 2.75) is 31.8 Å². The first-order chi connectivity index (χ1) is 14.3. The third-order valence-electron chi connectivity index (χ3n) is 6.66. The molecule has 4 nitrogen and oxygen atoms in total. The van der Waals surface area contributed by atoms with Crippen molar-refractivity contribution in [2.24, 2.45) is 0 Å². The van der Waals surface area contributed by atoms with Crippen LogP contribution in [0.2, 0.25) is 0 Å². The van der Waals surface area contributed by atoms with Crippen molar-refractivity contribution in [3.8, 4) is 5.75 Å². The molecular weight excluding hydrogens is 365 g/mol. The van der Waals surface area contributed by atoms with Crippen LogP contribution in [0.5, 0.6) is 5.75 Å². The monoisotopic (exact) mass is 395 g/mol. The highest BCUT2D eigenvalue weighted by atomic mass is 19.1. The maximum Gasteiger partial charge on any atom is 0.146 e. The summed E-state index contributed by atoms with van der Waals surface area (Å²) in [6.07, 6.45) is 3.57. The van der Waals surface area contributed by atoms with Crippen LogP contribution in [0, 0.1) is 5.82 Å². The molecule has 3 heterocycles. The average molecular weight is 396 g/mol. The molecule has 0 aromatic heterocycles. The van der Waals surface area contributed by atoms with Crippen LogP contribution in [-0.2, 0) is 13.0 Å². The summed E-state index contributed by atoms with van der Waals surface area (Å²) in [7, 11) is 0. The van der Waals surface area contributed by atoms with E-state index in [1.807, 2.05) is 12.1 Å². The van der Waals surface area contributed by atoms with E-state index >= 15 is 0 Å². The van der Waals surface area contributed by atoms with Crippen molar-refractivity contribution < 1.29 is 9.13 Å². The van der Waals surface area contributed by atoms with Crippen molar-refractivity contribution in [3.63, 3.8) is 0 Å². The number of nitrogens with zero attached hydrogens (tertiary/aromatic N) is 3. The molecular formula is C24H30FN3O. The number of halogens is 1. The Kier molecular flexibility index (Phi) is 5.42. The molecule has 2 fully saturated rings. The van der Waals surface area contributed by atoms with Gasteiger partial charge in [0.1, 0.15) is 11.6 Å². The van der Waals surface area contributed by atoms with E-state index in [1.165, 1.54) is 30.5 Å². The molecule has 0 aliphatic carbocycles. The van der Waals surface area contributed by atoms with Crippen LogP contribution in [0.25, 0.3) is 0 Å². The highest BCUT2D eigenvalue weighted by Gasteiger charge is 2.29. The number of para-hydroxylation sites is 1. The average Bonchev–Trinajstić information content (AvgIpc) is 3.22. The third-order valence-corrected chi connectivity index (χ3v) is 6.66. The van der Waals surface area contributed by atoms with Crippen molar-refractivity contribution in [2.75, 3.05) is 50.8 Å². The van der Waals surface area contributed by atoms with Crippen molar-refractivity contribution in [1.82, 2.24) is 9.80 Å². The zero-order valence-corrected chi connectivity index (χ0v) is 17.0. The molecule has 5 heteroatoms. The molecule has 2 saturated heterocycles. The smallest absolute Gasteiger partial charge is 0.146 e. The van der Waals surface area contributed by atoms with Gasteiger partial charge in [0.15, 0.2) is 0 Å². The fourth-order valence-corrected chi connectivity index (χ4v) is 5.11. The lowest BCUT2D eigenvalue weighted by molar-refractivity contribution is 0.0887. The van der Waals surface area contributed by atoms with Gasteiger partial charge < -0.3 is 9.64 Å². The van der Waals surface area contributed by atoms with E-state index < -0.39 is 0 Å².